The van der Waals surface area contributed by atoms with Gasteiger partial charge in [-0.25, -0.2) is 13.8 Å². The highest BCUT2D eigenvalue weighted by Gasteiger charge is 2.30. The number of amidine groups is 1. The quantitative estimate of drug-likeness (QED) is 0.480. The van der Waals surface area contributed by atoms with Crippen LogP contribution < -0.4 is 5.32 Å². The van der Waals surface area contributed by atoms with Gasteiger partial charge >= 0.3 is 0 Å². The molecule has 33 heavy (non-hydrogen) atoms. The van der Waals surface area contributed by atoms with Crippen LogP contribution in [-0.4, -0.2) is 48.4 Å². The van der Waals surface area contributed by atoms with E-state index in [4.69, 9.17) is 4.99 Å². The van der Waals surface area contributed by atoms with E-state index in [0.29, 0.717) is 11.7 Å². The molecule has 4 nitrogen and oxygen atoms in total. The van der Waals surface area contributed by atoms with Crippen molar-refractivity contribution in [2.24, 2.45) is 4.99 Å². The van der Waals surface area contributed by atoms with Gasteiger partial charge in [0.1, 0.15) is 22.5 Å². The van der Waals surface area contributed by atoms with Gasteiger partial charge in [0.15, 0.2) is 0 Å². The summed E-state index contributed by atoms with van der Waals surface area (Å²) >= 11 is 1.69. The lowest BCUT2D eigenvalue weighted by Crippen LogP contribution is -2.53. The van der Waals surface area contributed by atoms with E-state index < -0.39 is 0 Å². The molecular formula is C25H27ClF2N4S. The maximum atomic E-state index is 14.0. The van der Waals surface area contributed by atoms with Crippen molar-refractivity contribution in [3.63, 3.8) is 0 Å². The van der Waals surface area contributed by atoms with Crippen LogP contribution in [0.4, 0.5) is 25.2 Å². The molecular weight excluding hydrogens is 462 g/mol. The number of hydrogen-bond acceptors (Lipinski definition) is 5. The fourth-order valence-electron chi connectivity index (χ4n) is 4.49. The predicted molar refractivity (Wildman–Crippen MR) is 135 cm³/mol. The second-order valence-corrected chi connectivity index (χ2v) is 9.83. The second-order valence-electron chi connectivity index (χ2n) is 8.57. The minimum Gasteiger partial charge on any atom is -0.353 e. The van der Waals surface area contributed by atoms with Crippen molar-refractivity contribution in [3.8, 4) is 0 Å². The van der Waals surface area contributed by atoms with Crippen molar-refractivity contribution < 1.29 is 8.78 Å². The standard InChI is InChI=1S/C25H26F2N4S.ClH/c1-16-12-21-24(28-23-14-19(27)7-9-22(23)29-25(21)32-16)31-11-10-30(2)20(15-31)8-6-17-4-3-5-18(26)13-17;/h3-5,7,9,12-14,20,29H,6,8,10-11,15H2,1-2H3;1H. The lowest BCUT2D eigenvalue weighted by molar-refractivity contribution is 0.134. The van der Waals surface area contributed by atoms with E-state index in [1.807, 2.05) is 6.07 Å². The molecule has 2 aliphatic heterocycles. The van der Waals surface area contributed by atoms with Crippen LogP contribution >= 0.6 is 23.7 Å². The predicted octanol–water partition coefficient (Wildman–Crippen LogP) is 6.14. The van der Waals surface area contributed by atoms with Crippen LogP contribution in [0.5, 0.6) is 0 Å². The number of fused-ring (bicyclic) bond motifs is 2. The third kappa shape index (κ3) is 5.05. The van der Waals surface area contributed by atoms with Gasteiger partial charge in [-0.15, -0.1) is 23.7 Å². The monoisotopic (exact) mass is 488 g/mol. The molecule has 0 spiro atoms. The summed E-state index contributed by atoms with van der Waals surface area (Å²) in [6.45, 7) is 4.68. The van der Waals surface area contributed by atoms with Gasteiger partial charge in [0, 0.05) is 36.6 Å². The smallest absolute Gasteiger partial charge is 0.139 e. The van der Waals surface area contributed by atoms with E-state index >= 15 is 0 Å². The molecule has 1 atom stereocenters. The molecule has 1 fully saturated rings. The van der Waals surface area contributed by atoms with Gasteiger partial charge in [0.25, 0.3) is 0 Å². The first-order chi connectivity index (χ1) is 15.5. The summed E-state index contributed by atoms with van der Waals surface area (Å²) in [5.41, 5.74) is 3.53. The molecule has 5 rings (SSSR count). The molecule has 1 unspecified atom stereocenters. The van der Waals surface area contributed by atoms with E-state index in [1.54, 1.807) is 29.5 Å². The van der Waals surface area contributed by atoms with Crippen LogP contribution in [-0.2, 0) is 6.42 Å². The highest BCUT2D eigenvalue weighted by atomic mass is 35.5. The number of aliphatic imine (C=N–C) groups is 1. The molecule has 1 saturated heterocycles. The Morgan fingerprint density at radius 1 is 1.09 bits per heavy atom. The summed E-state index contributed by atoms with van der Waals surface area (Å²) in [5, 5.41) is 4.50. The second kappa shape index (κ2) is 9.79. The number of benzene rings is 2. The van der Waals surface area contributed by atoms with E-state index in [0.717, 1.165) is 60.1 Å². The molecule has 2 aliphatic rings. The Kier molecular flexibility index (Phi) is 7.02. The Balaban J connectivity index is 0.00000259. The molecule has 1 aromatic heterocycles. The molecule has 0 aliphatic carbocycles. The summed E-state index contributed by atoms with van der Waals surface area (Å²) in [5.74, 6) is 0.416. The van der Waals surface area contributed by atoms with Gasteiger partial charge in [-0.3, -0.25) is 4.90 Å². The van der Waals surface area contributed by atoms with E-state index in [1.165, 1.54) is 23.1 Å². The van der Waals surface area contributed by atoms with Gasteiger partial charge in [0.2, 0.25) is 0 Å². The fraction of sp³-hybridized carbons (Fsp3) is 0.320. The first-order valence-electron chi connectivity index (χ1n) is 10.9. The molecule has 0 amide bonds. The van der Waals surface area contributed by atoms with Gasteiger partial charge in [0.05, 0.1) is 16.9 Å². The van der Waals surface area contributed by atoms with Crippen molar-refractivity contribution in [2.45, 2.75) is 25.8 Å². The highest BCUT2D eigenvalue weighted by molar-refractivity contribution is 7.16. The number of rotatable bonds is 3. The molecule has 0 radical (unpaired) electrons. The van der Waals surface area contributed by atoms with Crippen LogP contribution in [0.25, 0.3) is 0 Å². The summed E-state index contributed by atoms with van der Waals surface area (Å²) in [7, 11) is 2.15. The van der Waals surface area contributed by atoms with Crippen LogP contribution in [0.2, 0.25) is 0 Å². The van der Waals surface area contributed by atoms with Crippen molar-refractivity contribution >= 4 is 46.0 Å². The minimum atomic E-state index is -0.290. The Hall–Kier alpha value is -2.48. The molecule has 0 saturated carbocycles. The van der Waals surface area contributed by atoms with Crippen LogP contribution in [0.1, 0.15) is 22.4 Å². The van der Waals surface area contributed by atoms with Gasteiger partial charge in [-0.1, -0.05) is 12.1 Å². The number of nitrogens with one attached hydrogen (secondary N) is 1. The van der Waals surface area contributed by atoms with E-state index in [9.17, 15) is 8.78 Å². The third-order valence-electron chi connectivity index (χ3n) is 6.26. The Morgan fingerprint density at radius 3 is 2.73 bits per heavy atom. The molecule has 1 N–H and O–H groups in total. The summed E-state index contributed by atoms with van der Waals surface area (Å²) < 4.78 is 27.6. The Bertz CT molecular complexity index is 1180. The maximum absolute atomic E-state index is 14.0. The summed E-state index contributed by atoms with van der Waals surface area (Å²) in [4.78, 5) is 10.8. The maximum Gasteiger partial charge on any atom is 0.139 e. The lowest BCUT2D eigenvalue weighted by atomic mass is 10.0. The fourth-order valence-corrected chi connectivity index (χ4v) is 5.41. The number of hydrogen-bond donors (Lipinski definition) is 1. The highest BCUT2D eigenvalue weighted by Crippen LogP contribution is 2.39. The number of likely N-dealkylation sites (N-methyl/N-ethyl adjacent to an activating group) is 1. The van der Waals surface area contributed by atoms with E-state index in [2.05, 4.69) is 35.2 Å². The zero-order chi connectivity index (χ0) is 22.2. The molecule has 3 aromatic rings. The van der Waals surface area contributed by atoms with Crippen molar-refractivity contribution in [1.82, 2.24) is 9.80 Å². The topological polar surface area (TPSA) is 30.9 Å². The largest absolute Gasteiger partial charge is 0.353 e. The number of anilines is 2. The number of piperazine rings is 1. The summed E-state index contributed by atoms with van der Waals surface area (Å²) in [6, 6.07) is 14.0. The number of halogens is 3. The van der Waals surface area contributed by atoms with Gasteiger partial charge < -0.3 is 10.2 Å². The third-order valence-corrected chi connectivity index (χ3v) is 7.23. The molecule has 8 heteroatoms. The molecule has 174 valence electrons. The molecule has 3 heterocycles. The van der Waals surface area contributed by atoms with Crippen molar-refractivity contribution in [3.05, 3.63) is 76.2 Å². The van der Waals surface area contributed by atoms with E-state index in [-0.39, 0.29) is 24.0 Å². The average molecular weight is 489 g/mol. The van der Waals surface area contributed by atoms with Crippen molar-refractivity contribution in [1.29, 1.82) is 0 Å². The normalized spacial score (nSPS) is 17.9. The zero-order valence-corrected chi connectivity index (χ0v) is 20.3. The van der Waals surface area contributed by atoms with Crippen LogP contribution in [0, 0.1) is 18.6 Å². The van der Waals surface area contributed by atoms with Crippen LogP contribution in [0.15, 0.2) is 53.5 Å². The number of aryl methyl sites for hydroxylation is 2. The van der Waals surface area contributed by atoms with Crippen LogP contribution in [0.3, 0.4) is 0 Å². The average Bonchev–Trinajstić information content (AvgIpc) is 3.06. The first kappa shape index (κ1) is 23.7. The minimum absolute atomic E-state index is 0. The molecule has 0 bridgehead atoms. The zero-order valence-electron chi connectivity index (χ0n) is 18.6. The lowest BCUT2D eigenvalue weighted by Gasteiger charge is -2.41. The molecule has 2 aromatic carbocycles. The SMILES string of the molecule is Cc1cc2c(s1)Nc1ccc(F)cc1N=C2N1CCN(C)C(CCc2cccc(F)c2)C1.Cl. The summed E-state index contributed by atoms with van der Waals surface area (Å²) in [6.07, 6.45) is 1.76. The Labute approximate surface area is 203 Å². The van der Waals surface area contributed by atoms with Gasteiger partial charge in [-0.05, 0) is 62.7 Å². The Morgan fingerprint density at radius 2 is 1.91 bits per heavy atom. The van der Waals surface area contributed by atoms with Crippen molar-refractivity contribution in [2.75, 3.05) is 32.0 Å². The van der Waals surface area contributed by atoms with Gasteiger partial charge in [-0.2, -0.15) is 0 Å². The number of thiophene rings is 1. The number of nitrogens with zero attached hydrogens (tertiary/aromatic N) is 3. The first-order valence-corrected chi connectivity index (χ1v) is 11.7.